The average Bonchev–Trinajstić information content (AvgIpc) is 2.44. The molecule has 3 heteroatoms. The summed E-state index contributed by atoms with van der Waals surface area (Å²) in [5.41, 5.74) is 3.19. The Labute approximate surface area is 116 Å². The number of carbonyl (C=O) groups excluding carboxylic acids is 1. The molecule has 1 heterocycles. The number of ketones is 1. The smallest absolute Gasteiger partial charge is 0.168 e. The predicted molar refractivity (Wildman–Crippen MR) is 77.0 cm³/mol. The highest BCUT2D eigenvalue weighted by atomic mass is 32.2. The largest absolute Gasteiger partial charge is 0.497 e. The number of thioether (sulfide) groups is 1. The molecule has 19 heavy (non-hydrogen) atoms. The van der Waals surface area contributed by atoms with E-state index < -0.39 is 0 Å². The van der Waals surface area contributed by atoms with Crippen molar-refractivity contribution in [2.24, 2.45) is 0 Å². The molecule has 96 valence electrons. The lowest BCUT2D eigenvalue weighted by atomic mass is 9.99. The Kier molecular flexibility index (Phi) is 3.30. The molecule has 2 aromatic carbocycles. The van der Waals surface area contributed by atoms with E-state index in [4.69, 9.17) is 4.74 Å². The first-order valence-corrected chi connectivity index (χ1v) is 7.17. The second-order valence-electron chi connectivity index (χ2n) is 4.52. The summed E-state index contributed by atoms with van der Waals surface area (Å²) in [6.07, 6.45) is 0.482. The fourth-order valence-corrected chi connectivity index (χ4v) is 3.40. The summed E-state index contributed by atoms with van der Waals surface area (Å²) in [7, 11) is 1.65. The van der Waals surface area contributed by atoms with Crippen LogP contribution in [0.4, 0.5) is 0 Å². The van der Waals surface area contributed by atoms with E-state index in [1.54, 1.807) is 18.9 Å². The molecular formula is C16H14O2S. The quantitative estimate of drug-likeness (QED) is 0.790. The van der Waals surface area contributed by atoms with Gasteiger partial charge in [-0.3, -0.25) is 4.79 Å². The van der Waals surface area contributed by atoms with Gasteiger partial charge in [-0.25, -0.2) is 0 Å². The minimum absolute atomic E-state index is 0.178. The van der Waals surface area contributed by atoms with Crippen LogP contribution in [0.2, 0.25) is 0 Å². The zero-order valence-corrected chi connectivity index (χ0v) is 11.5. The molecule has 0 bridgehead atoms. The van der Waals surface area contributed by atoms with Crippen molar-refractivity contribution in [1.82, 2.24) is 0 Å². The van der Waals surface area contributed by atoms with Crippen LogP contribution < -0.4 is 4.74 Å². The van der Waals surface area contributed by atoms with E-state index in [2.05, 4.69) is 6.07 Å². The van der Waals surface area contributed by atoms with Crippen molar-refractivity contribution in [3.63, 3.8) is 0 Å². The number of rotatable bonds is 1. The maximum absolute atomic E-state index is 12.4. The standard InChI is InChI=1S/C16H14O2S/c1-18-13-6-7-14-15(17)8-11-4-2-3-5-12(11)10-19-16(14)9-13/h2-7,9H,8,10H2,1H3. The summed E-state index contributed by atoms with van der Waals surface area (Å²) in [6, 6.07) is 13.8. The van der Waals surface area contributed by atoms with Gasteiger partial charge in [-0.1, -0.05) is 24.3 Å². The molecule has 0 aliphatic carbocycles. The molecule has 0 N–H and O–H groups in total. The van der Waals surface area contributed by atoms with Crippen molar-refractivity contribution >= 4 is 17.5 Å². The number of carbonyl (C=O) groups is 1. The summed E-state index contributed by atoms with van der Waals surface area (Å²) in [6.45, 7) is 0. The maximum Gasteiger partial charge on any atom is 0.168 e. The van der Waals surface area contributed by atoms with Crippen LogP contribution in [0.15, 0.2) is 47.4 Å². The normalized spacial score (nSPS) is 14.1. The van der Waals surface area contributed by atoms with Crippen molar-refractivity contribution in [1.29, 1.82) is 0 Å². The van der Waals surface area contributed by atoms with E-state index in [9.17, 15) is 4.79 Å². The molecule has 0 radical (unpaired) electrons. The highest BCUT2D eigenvalue weighted by molar-refractivity contribution is 7.98. The van der Waals surface area contributed by atoms with Gasteiger partial charge in [0, 0.05) is 22.6 Å². The highest BCUT2D eigenvalue weighted by Gasteiger charge is 2.18. The molecule has 2 aromatic rings. The van der Waals surface area contributed by atoms with Crippen molar-refractivity contribution in [3.05, 3.63) is 59.2 Å². The molecule has 0 saturated heterocycles. The second-order valence-corrected chi connectivity index (χ2v) is 5.54. The predicted octanol–water partition coefficient (Wildman–Crippen LogP) is 3.73. The molecular weight excluding hydrogens is 256 g/mol. The molecule has 2 nitrogen and oxygen atoms in total. The Balaban J connectivity index is 2.03. The van der Waals surface area contributed by atoms with E-state index in [1.165, 1.54) is 5.56 Å². The Morgan fingerprint density at radius 2 is 1.89 bits per heavy atom. The molecule has 0 aromatic heterocycles. The Hall–Kier alpha value is -1.74. The highest BCUT2D eigenvalue weighted by Crippen LogP contribution is 2.33. The third kappa shape index (κ3) is 2.38. The van der Waals surface area contributed by atoms with Crippen LogP contribution in [0.1, 0.15) is 21.5 Å². The van der Waals surface area contributed by atoms with Crippen molar-refractivity contribution < 1.29 is 9.53 Å². The van der Waals surface area contributed by atoms with Gasteiger partial charge in [0.05, 0.1) is 7.11 Å². The molecule has 0 atom stereocenters. The van der Waals surface area contributed by atoms with E-state index in [1.807, 2.05) is 36.4 Å². The van der Waals surface area contributed by atoms with Gasteiger partial charge in [0.25, 0.3) is 0 Å². The van der Waals surface area contributed by atoms with E-state index in [0.717, 1.165) is 27.5 Å². The Morgan fingerprint density at radius 1 is 1.11 bits per heavy atom. The van der Waals surface area contributed by atoms with Crippen LogP contribution in [-0.4, -0.2) is 12.9 Å². The lowest BCUT2D eigenvalue weighted by Gasteiger charge is -2.16. The minimum atomic E-state index is 0.178. The third-order valence-electron chi connectivity index (χ3n) is 3.34. The topological polar surface area (TPSA) is 26.3 Å². The summed E-state index contributed by atoms with van der Waals surface area (Å²) in [5.74, 6) is 1.87. The summed E-state index contributed by atoms with van der Waals surface area (Å²) in [4.78, 5) is 13.4. The summed E-state index contributed by atoms with van der Waals surface area (Å²) in [5, 5.41) is 0. The van der Waals surface area contributed by atoms with Crippen molar-refractivity contribution in [2.75, 3.05) is 7.11 Å². The van der Waals surface area contributed by atoms with Crippen LogP contribution in [-0.2, 0) is 12.2 Å². The van der Waals surface area contributed by atoms with Gasteiger partial charge in [-0.05, 0) is 29.3 Å². The van der Waals surface area contributed by atoms with Crippen LogP contribution in [0.5, 0.6) is 5.75 Å². The summed E-state index contributed by atoms with van der Waals surface area (Å²) >= 11 is 1.70. The lowest BCUT2D eigenvalue weighted by molar-refractivity contribution is 0.0989. The maximum atomic E-state index is 12.4. The van der Waals surface area contributed by atoms with Gasteiger partial charge in [0.1, 0.15) is 5.75 Å². The van der Waals surface area contributed by atoms with Crippen molar-refractivity contribution in [2.45, 2.75) is 17.1 Å². The average molecular weight is 270 g/mol. The second kappa shape index (κ2) is 5.10. The van der Waals surface area contributed by atoms with Gasteiger partial charge >= 0.3 is 0 Å². The number of Topliss-reactive ketones (excluding diaryl/α,β-unsaturated/α-hetero) is 1. The first kappa shape index (κ1) is 12.3. The van der Waals surface area contributed by atoms with Gasteiger partial charge in [0.2, 0.25) is 0 Å². The molecule has 3 rings (SSSR count). The third-order valence-corrected chi connectivity index (χ3v) is 4.45. The monoisotopic (exact) mass is 270 g/mol. The van der Waals surface area contributed by atoms with Gasteiger partial charge in [0.15, 0.2) is 5.78 Å². The van der Waals surface area contributed by atoms with E-state index in [-0.39, 0.29) is 5.78 Å². The molecule has 0 fully saturated rings. The minimum Gasteiger partial charge on any atom is -0.497 e. The van der Waals surface area contributed by atoms with Gasteiger partial charge in [-0.2, -0.15) is 0 Å². The van der Waals surface area contributed by atoms with Crippen LogP contribution in [0, 0.1) is 0 Å². The number of ether oxygens (including phenoxy) is 1. The first-order chi connectivity index (χ1) is 9.28. The Bertz CT molecular complexity index is 634. The lowest BCUT2D eigenvalue weighted by Crippen LogP contribution is -2.09. The van der Waals surface area contributed by atoms with Crippen LogP contribution in [0.25, 0.3) is 0 Å². The number of hydrogen-bond acceptors (Lipinski definition) is 3. The number of hydrogen-bond donors (Lipinski definition) is 0. The number of benzene rings is 2. The number of methoxy groups -OCH3 is 1. The zero-order valence-electron chi connectivity index (χ0n) is 10.7. The fourth-order valence-electron chi connectivity index (χ4n) is 2.27. The molecule has 0 unspecified atom stereocenters. The SMILES string of the molecule is COc1ccc2c(c1)SCc1ccccc1CC2=O. The van der Waals surface area contributed by atoms with Crippen LogP contribution in [0.3, 0.4) is 0 Å². The molecule has 0 amide bonds. The molecule has 0 spiro atoms. The van der Waals surface area contributed by atoms with Gasteiger partial charge in [-0.15, -0.1) is 11.8 Å². The molecule has 0 saturated carbocycles. The van der Waals surface area contributed by atoms with Gasteiger partial charge < -0.3 is 4.74 Å². The van der Waals surface area contributed by atoms with Crippen LogP contribution >= 0.6 is 11.8 Å². The summed E-state index contributed by atoms with van der Waals surface area (Å²) < 4.78 is 5.23. The Morgan fingerprint density at radius 3 is 2.68 bits per heavy atom. The molecule has 1 aliphatic rings. The zero-order chi connectivity index (χ0) is 13.2. The first-order valence-electron chi connectivity index (χ1n) is 6.19. The molecule has 1 aliphatic heterocycles. The van der Waals surface area contributed by atoms with Crippen molar-refractivity contribution in [3.8, 4) is 5.75 Å². The van der Waals surface area contributed by atoms with E-state index in [0.29, 0.717) is 6.42 Å². The fraction of sp³-hybridized carbons (Fsp3) is 0.188. The van der Waals surface area contributed by atoms with E-state index >= 15 is 0 Å². The number of fused-ring (bicyclic) bond motifs is 2.